The number of hydrogen-bond donors (Lipinski definition) is 0. The molecule has 1 aromatic carbocycles. The molecule has 0 spiro atoms. The molecular weight excluding hydrogens is 292 g/mol. The van der Waals surface area contributed by atoms with E-state index in [1.54, 1.807) is 0 Å². The van der Waals surface area contributed by atoms with Crippen LogP contribution in [0, 0.1) is 11.3 Å². The summed E-state index contributed by atoms with van der Waals surface area (Å²) in [5.41, 5.74) is 1.74. The Morgan fingerprint density at radius 1 is 1.56 bits per heavy atom. The van der Waals surface area contributed by atoms with Crippen LogP contribution < -0.4 is 4.90 Å². The van der Waals surface area contributed by atoms with E-state index in [1.165, 1.54) is 0 Å². The summed E-state index contributed by atoms with van der Waals surface area (Å²) in [5, 5.41) is 9.27. The zero-order chi connectivity index (χ0) is 13.1. The highest BCUT2D eigenvalue weighted by atomic mass is 79.9. The Balaban J connectivity index is 2.36. The minimum atomic E-state index is 0.211. The SMILES string of the molecule is CCC1COC(C)CN1c1ccc(Br)cc1C#N. The molecule has 3 nitrogen and oxygen atoms in total. The lowest BCUT2D eigenvalue weighted by molar-refractivity contribution is 0.0299. The van der Waals surface area contributed by atoms with E-state index in [0.717, 1.165) is 35.3 Å². The maximum atomic E-state index is 9.27. The van der Waals surface area contributed by atoms with Gasteiger partial charge in [0.1, 0.15) is 6.07 Å². The molecule has 1 heterocycles. The van der Waals surface area contributed by atoms with Gasteiger partial charge in [-0.05, 0) is 31.5 Å². The predicted octanol–water partition coefficient (Wildman–Crippen LogP) is 3.32. The smallest absolute Gasteiger partial charge is 0.101 e. The van der Waals surface area contributed by atoms with Crippen molar-refractivity contribution in [1.29, 1.82) is 5.26 Å². The molecule has 0 aromatic heterocycles. The molecule has 1 fully saturated rings. The fourth-order valence-electron chi connectivity index (χ4n) is 2.33. The second kappa shape index (κ2) is 5.73. The van der Waals surface area contributed by atoms with Crippen molar-refractivity contribution >= 4 is 21.6 Å². The van der Waals surface area contributed by atoms with Gasteiger partial charge >= 0.3 is 0 Å². The Kier molecular flexibility index (Phi) is 4.26. The molecule has 1 aliphatic rings. The first-order valence-corrected chi connectivity index (χ1v) is 7.03. The van der Waals surface area contributed by atoms with E-state index >= 15 is 0 Å². The predicted molar refractivity (Wildman–Crippen MR) is 75.7 cm³/mol. The molecule has 0 N–H and O–H groups in total. The second-order valence-corrected chi connectivity index (χ2v) is 5.55. The Labute approximate surface area is 116 Å². The minimum absolute atomic E-state index is 0.211. The van der Waals surface area contributed by atoms with Crippen molar-refractivity contribution in [2.75, 3.05) is 18.1 Å². The van der Waals surface area contributed by atoms with Gasteiger partial charge in [0.15, 0.2) is 0 Å². The number of ether oxygens (including phenoxy) is 1. The summed E-state index contributed by atoms with van der Waals surface area (Å²) in [7, 11) is 0. The van der Waals surface area contributed by atoms with E-state index in [-0.39, 0.29) is 6.10 Å². The van der Waals surface area contributed by atoms with Gasteiger partial charge < -0.3 is 9.64 Å². The van der Waals surface area contributed by atoms with Gasteiger partial charge in [0.05, 0.1) is 30.0 Å². The minimum Gasteiger partial charge on any atom is -0.375 e. The molecule has 2 atom stereocenters. The average molecular weight is 309 g/mol. The van der Waals surface area contributed by atoms with Crippen molar-refractivity contribution in [2.45, 2.75) is 32.4 Å². The van der Waals surface area contributed by atoms with Crippen LogP contribution in [0.2, 0.25) is 0 Å². The maximum absolute atomic E-state index is 9.27. The molecule has 18 heavy (non-hydrogen) atoms. The topological polar surface area (TPSA) is 36.3 Å². The number of benzene rings is 1. The van der Waals surface area contributed by atoms with Gasteiger partial charge in [-0.3, -0.25) is 0 Å². The Morgan fingerprint density at radius 3 is 3.00 bits per heavy atom. The summed E-state index contributed by atoms with van der Waals surface area (Å²) in [4.78, 5) is 2.30. The number of halogens is 1. The van der Waals surface area contributed by atoms with E-state index in [0.29, 0.717) is 6.04 Å². The first kappa shape index (κ1) is 13.4. The number of morpholine rings is 1. The quantitative estimate of drug-likeness (QED) is 0.841. The molecule has 2 unspecified atom stereocenters. The molecule has 1 aromatic rings. The molecule has 0 aliphatic carbocycles. The van der Waals surface area contributed by atoms with Crippen molar-refractivity contribution in [2.24, 2.45) is 0 Å². The molecule has 2 rings (SSSR count). The largest absolute Gasteiger partial charge is 0.375 e. The molecule has 1 aliphatic heterocycles. The van der Waals surface area contributed by atoms with Crippen LogP contribution in [0.15, 0.2) is 22.7 Å². The van der Waals surface area contributed by atoms with Gasteiger partial charge in [-0.15, -0.1) is 0 Å². The van der Waals surface area contributed by atoms with Crippen molar-refractivity contribution in [3.8, 4) is 6.07 Å². The van der Waals surface area contributed by atoms with Crippen molar-refractivity contribution in [3.05, 3.63) is 28.2 Å². The van der Waals surface area contributed by atoms with Gasteiger partial charge in [-0.25, -0.2) is 0 Å². The molecule has 1 saturated heterocycles. The van der Waals surface area contributed by atoms with Crippen molar-refractivity contribution in [3.63, 3.8) is 0 Å². The van der Waals surface area contributed by atoms with Gasteiger partial charge in [-0.1, -0.05) is 22.9 Å². The lowest BCUT2D eigenvalue weighted by atomic mass is 10.1. The Bertz CT molecular complexity index is 469. The van der Waals surface area contributed by atoms with Crippen molar-refractivity contribution in [1.82, 2.24) is 0 Å². The summed E-state index contributed by atoms with van der Waals surface area (Å²) < 4.78 is 6.64. The van der Waals surface area contributed by atoms with Gasteiger partial charge in [0.25, 0.3) is 0 Å². The first-order chi connectivity index (χ1) is 8.65. The van der Waals surface area contributed by atoms with E-state index in [2.05, 4.69) is 40.7 Å². The van der Waals surface area contributed by atoms with E-state index in [4.69, 9.17) is 4.74 Å². The highest BCUT2D eigenvalue weighted by molar-refractivity contribution is 9.10. The summed E-state index contributed by atoms with van der Waals surface area (Å²) in [5.74, 6) is 0. The number of nitrogens with zero attached hydrogens (tertiary/aromatic N) is 2. The van der Waals surface area contributed by atoms with E-state index in [1.807, 2.05) is 18.2 Å². The monoisotopic (exact) mass is 308 g/mol. The fourth-order valence-corrected chi connectivity index (χ4v) is 2.69. The van der Waals surface area contributed by atoms with Crippen LogP contribution in [-0.2, 0) is 4.74 Å². The maximum Gasteiger partial charge on any atom is 0.101 e. The summed E-state index contributed by atoms with van der Waals surface area (Å²) in [6.45, 7) is 5.80. The third-order valence-corrected chi connectivity index (χ3v) is 3.82. The van der Waals surface area contributed by atoms with Gasteiger partial charge in [-0.2, -0.15) is 5.26 Å². The van der Waals surface area contributed by atoms with Crippen LogP contribution in [0.1, 0.15) is 25.8 Å². The highest BCUT2D eigenvalue weighted by Gasteiger charge is 2.27. The number of nitriles is 1. The van der Waals surface area contributed by atoms with Crippen LogP contribution in [0.25, 0.3) is 0 Å². The average Bonchev–Trinajstić information content (AvgIpc) is 2.38. The molecule has 0 radical (unpaired) electrons. The third-order valence-electron chi connectivity index (χ3n) is 3.33. The molecule has 96 valence electrons. The van der Waals surface area contributed by atoms with E-state index < -0.39 is 0 Å². The summed E-state index contributed by atoms with van der Waals surface area (Å²) in [6, 6.07) is 8.52. The highest BCUT2D eigenvalue weighted by Crippen LogP contribution is 2.28. The van der Waals surface area contributed by atoms with Gasteiger partial charge in [0, 0.05) is 11.0 Å². The van der Waals surface area contributed by atoms with Crippen LogP contribution in [0.3, 0.4) is 0 Å². The number of anilines is 1. The summed E-state index contributed by atoms with van der Waals surface area (Å²) in [6.07, 6.45) is 1.23. The van der Waals surface area contributed by atoms with Crippen LogP contribution in [-0.4, -0.2) is 25.3 Å². The molecule has 0 saturated carbocycles. The van der Waals surface area contributed by atoms with E-state index in [9.17, 15) is 5.26 Å². The zero-order valence-corrected chi connectivity index (χ0v) is 12.3. The fraction of sp³-hybridized carbons (Fsp3) is 0.500. The van der Waals surface area contributed by atoms with Crippen LogP contribution in [0.4, 0.5) is 5.69 Å². The Morgan fingerprint density at radius 2 is 2.33 bits per heavy atom. The molecular formula is C14H17BrN2O. The normalized spacial score (nSPS) is 23.8. The molecule has 4 heteroatoms. The lowest BCUT2D eigenvalue weighted by Crippen LogP contribution is -2.49. The summed E-state index contributed by atoms with van der Waals surface area (Å²) >= 11 is 3.41. The zero-order valence-electron chi connectivity index (χ0n) is 10.7. The number of rotatable bonds is 2. The standard InChI is InChI=1S/C14H17BrN2O/c1-3-13-9-18-10(2)8-17(13)14-5-4-12(15)6-11(14)7-16/h4-6,10,13H,3,8-9H2,1-2H3. The lowest BCUT2D eigenvalue weighted by Gasteiger charge is -2.40. The van der Waals surface area contributed by atoms with Crippen molar-refractivity contribution < 1.29 is 4.74 Å². The number of hydrogen-bond acceptors (Lipinski definition) is 3. The molecule has 0 amide bonds. The first-order valence-electron chi connectivity index (χ1n) is 6.23. The second-order valence-electron chi connectivity index (χ2n) is 4.63. The van der Waals surface area contributed by atoms with Gasteiger partial charge in [0.2, 0.25) is 0 Å². The molecule has 0 bridgehead atoms. The third kappa shape index (κ3) is 2.68. The Hall–Kier alpha value is -1.05. The van der Waals surface area contributed by atoms with Crippen LogP contribution >= 0.6 is 15.9 Å². The van der Waals surface area contributed by atoms with Crippen LogP contribution in [0.5, 0.6) is 0 Å².